The summed E-state index contributed by atoms with van der Waals surface area (Å²) < 4.78 is 0. The van der Waals surface area contributed by atoms with Crippen LogP contribution in [0.1, 0.15) is 42.8 Å². The Kier molecular flexibility index (Phi) is 4.53. The topological polar surface area (TPSA) is 0 Å². The predicted octanol–water partition coefficient (Wildman–Crippen LogP) is 4.86. The molecule has 1 heteroatoms. The van der Waals surface area contributed by atoms with Gasteiger partial charge in [-0.2, -0.15) is 0 Å². The molecule has 0 amide bonds. The van der Waals surface area contributed by atoms with Gasteiger partial charge in [0.05, 0.1) is 0 Å². The average molecular weight is 262 g/mol. The quantitative estimate of drug-likeness (QED) is 0.492. The normalized spacial score (nSPS) is 26.8. The van der Waals surface area contributed by atoms with Crippen LogP contribution in [0, 0.1) is 11.8 Å². The van der Waals surface area contributed by atoms with E-state index in [9.17, 15) is 0 Å². The van der Waals surface area contributed by atoms with Crippen LogP contribution in [0.25, 0.3) is 0 Å². The molecule has 90 valence electrons. The van der Waals surface area contributed by atoms with Crippen LogP contribution in [-0.4, -0.2) is 0 Å². The first-order chi connectivity index (χ1) is 7.95. The summed E-state index contributed by atoms with van der Waals surface area (Å²) in [4.78, 5) is 0. The minimum absolute atomic E-state index is 0. The fourth-order valence-electron chi connectivity index (χ4n) is 3.21. The van der Waals surface area contributed by atoms with Gasteiger partial charge in [0.15, 0.2) is 0 Å². The van der Waals surface area contributed by atoms with Crippen LogP contribution in [0.4, 0.5) is 0 Å². The molecule has 0 heterocycles. The van der Waals surface area contributed by atoms with Crippen molar-refractivity contribution in [3.05, 3.63) is 53.5 Å². The molecule has 0 nitrogen and oxygen atoms in total. The molecule has 0 spiro atoms. The van der Waals surface area contributed by atoms with Gasteiger partial charge in [0.1, 0.15) is 0 Å². The zero-order chi connectivity index (χ0) is 10.8. The van der Waals surface area contributed by atoms with Gasteiger partial charge in [-0.25, -0.2) is 17.6 Å². The Morgan fingerprint density at radius 2 is 1.88 bits per heavy atom. The number of allylic oxidation sites excluding steroid dienone is 8. The Hall–Kier alpha value is -0.456. The fourth-order valence-corrected chi connectivity index (χ4v) is 3.21. The summed E-state index contributed by atoms with van der Waals surface area (Å²) in [5.41, 5.74) is 3.26. The van der Waals surface area contributed by atoms with Gasteiger partial charge in [0.2, 0.25) is 0 Å². The van der Waals surface area contributed by atoms with E-state index >= 15 is 0 Å². The molecule has 0 N–H and O–H groups in total. The first-order valence-corrected chi connectivity index (χ1v) is 6.52. The van der Waals surface area contributed by atoms with Gasteiger partial charge in [-0.05, 0) is 12.8 Å². The van der Waals surface area contributed by atoms with E-state index in [-0.39, 0.29) is 26.0 Å². The summed E-state index contributed by atoms with van der Waals surface area (Å²) >= 11 is 0. The fraction of sp³-hybridized carbons (Fsp3) is 0.438. The molecule has 0 aromatic carbocycles. The van der Waals surface area contributed by atoms with Crippen LogP contribution < -0.4 is 0 Å². The minimum Gasteiger partial charge on any atom is -1.00 e. The second-order valence-electron chi connectivity index (χ2n) is 5.02. The molecule has 0 radical (unpaired) electrons. The Balaban J connectivity index is 0. The summed E-state index contributed by atoms with van der Waals surface area (Å²) in [5.74, 6) is 2.50. The molecular weight excluding hydrogens is 240 g/mol. The molecule has 3 aliphatic rings. The van der Waals surface area contributed by atoms with Gasteiger partial charge in [0, 0.05) is 0 Å². The summed E-state index contributed by atoms with van der Waals surface area (Å²) in [6, 6.07) is 0. The van der Waals surface area contributed by atoms with E-state index in [1.165, 1.54) is 38.5 Å². The summed E-state index contributed by atoms with van der Waals surface area (Å²) in [7, 11) is 0. The number of hydrogen-bond acceptors (Lipinski definition) is 0. The second kappa shape index (κ2) is 5.93. The van der Waals surface area contributed by atoms with Crippen molar-refractivity contribution >= 4 is 0 Å². The van der Waals surface area contributed by atoms with Crippen LogP contribution in [0.5, 0.6) is 0 Å². The van der Waals surface area contributed by atoms with E-state index in [1.807, 2.05) is 0 Å². The third-order valence-electron chi connectivity index (χ3n) is 4.04. The van der Waals surface area contributed by atoms with Gasteiger partial charge < -0.3 is 4.28 Å². The van der Waals surface area contributed by atoms with Crippen LogP contribution >= 0.6 is 0 Å². The third kappa shape index (κ3) is 2.69. The third-order valence-corrected chi connectivity index (χ3v) is 4.04. The van der Waals surface area contributed by atoms with Crippen molar-refractivity contribution < 1.29 is 26.0 Å². The molecule has 3 rings (SSSR count). The first kappa shape index (κ1) is 13.0. The van der Waals surface area contributed by atoms with Gasteiger partial charge >= 0.3 is 21.7 Å². The maximum Gasteiger partial charge on any atom is 4.00 e. The van der Waals surface area contributed by atoms with E-state index in [2.05, 4.69) is 36.5 Å². The van der Waals surface area contributed by atoms with Crippen LogP contribution in [0.3, 0.4) is 0 Å². The van der Waals surface area contributed by atoms with Crippen LogP contribution in [0.15, 0.2) is 47.6 Å². The molecule has 17 heavy (non-hydrogen) atoms. The molecule has 0 saturated heterocycles. The zero-order valence-corrected chi connectivity index (χ0v) is 11.8. The molecule has 1 atom stereocenters. The van der Waals surface area contributed by atoms with Crippen LogP contribution in [-0.2, 0) is 21.7 Å². The van der Waals surface area contributed by atoms with Crippen molar-refractivity contribution in [2.24, 2.45) is 5.92 Å². The van der Waals surface area contributed by atoms with Crippen molar-refractivity contribution in [3.63, 3.8) is 0 Å². The molecule has 0 aromatic rings. The van der Waals surface area contributed by atoms with E-state index in [1.54, 1.807) is 17.1 Å². The van der Waals surface area contributed by atoms with Crippen molar-refractivity contribution in [3.8, 4) is 0 Å². The zero-order valence-electron chi connectivity index (χ0n) is 13.3. The standard InChI is InChI=1S/C16H19.Ti.3H/c1-2-8-13(7-1)15-11-5-6-12-16(15)14-9-3-4-10-14;;;;/h1-4,7,9,15H,5-6,8,10-12H2;;;;/q-1;+4;3*-1. The smallest absolute Gasteiger partial charge is 1.00 e. The maximum atomic E-state index is 2.35. The van der Waals surface area contributed by atoms with E-state index in [4.69, 9.17) is 0 Å². The molecular formula is C16H22Ti. The number of rotatable bonds is 2. The molecule has 0 aromatic heterocycles. The number of hydrogen-bond donors (Lipinski definition) is 0. The SMILES string of the molecule is C1=CCC([C-]2CCCCC2C2=CC=CC2)=C1.[H-].[H-].[H-].[Ti+4]. The molecule has 0 bridgehead atoms. The van der Waals surface area contributed by atoms with Crippen molar-refractivity contribution in [1.82, 2.24) is 0 Å². The van der Waals surface area contributed by atoms with Crippen molar-refractivity contribution in [2.45, 2.75) is 38.5 Å². The van der Waals surface area contributed by atoms with Gasteiger partial charge in [-0.1, -0.05) is 55.4 Å². The Morgan fingerprint density at radius 1 is 1.06 bits per heavy atom. The average Bonchev–Trinajstić information content (AvgIpc) is 3.03. The summed E-state index contributed by atoms with van der Waals surface area (Å²) in [6.45, 7) is 0. The summed E-state index contributed by atoms with van der Waals surface area (Å²) in [6.07, 6.45) is 21.6. The van der Waals surface area contributed by atoms with Crippen LogP contribution in [0.2, 0.25) is 0 Å². The molecule has 1 saturated carbocycles. The van der Waals surface area contributed by atoms with Crippen molar-refractivity contribution in [1.29, 1.82) is 0 Å². The predicted molar refractivity (Wildman–Crippen MR) is 72.2 cm³/mol. The van der Waals surface area contributed by atoms with E-state index in [0.29, 0.717) is 0 Å². The van der Waals surface area contributed by atoms with E-state index < -0.39 is 0 Å². The van der Waals surface area contributed by atoms with Gasteiger partial charge in [-0.15, -0.1) is 12.2 Å². The second-order valence-corrected chi connectivity index (χ2v) is 5.02. The molecule has 1 fully saturated rings. The first-order valence-electron chi connectivity index (χ1n) is 6.52. The molecule has 0 aliphatic heterocycles. The Morgan fingerprint density at radius 3 is 2.59 bits per heavy atom. The molecule has 1 unspecified atom stereocenters. The Labute approximate surface area is 124 Å². The van der Waals surface area contributed by atoms with Gasteiger partial charge in [0.25, 0.3) is 0 Å². The largest absolute Gasteiger partial charge is 4.00 e. The van der Waals surface area contributed by atoms with Gasteiger partial charge in [-0.3, -0.25) is 0 Å². The Bertz CT molecular complexity index is 359. The van der Waals surface area contributed by atoms with E-state index in [0.717, 1.165) is 5.92 Å². The molecule has 3 aliphatic carbocycles. The maximum absolute atomic E-state index is 2.35. The minimum atomic E-state index is 0. The summed E-state index contributed by atoms with van der Waals surface area (Å²) in [5, 5.41) is 0. The monoisotopic (exact) mass is 262 g/mol. The van der Waals surface area contributed by atoms with Crippen molar-refractivity contribution in [2.75, 3.05) is 0 Å².